The van der Waals surface area contributed by atoms with Gasteiger partial charge in [-0.05, 0) is 51.1 Å². The molecule has 0 aliphatic heterocycles. The fourth-order valence-corrected chi connectivity index (χ4v) is 3.09. The van der Waals surface area contributed by atoms with Crippen LogP contribution in [0.3, 0.4) is 0 Å². The van der Waals surface area contributed by atoms with E-state index in [4.69, 9.17) is 0 Å². The zero-order valence-corrected chi connectivity index (χ0v) is 13.2. The van der Waals surface area contributed by atoms with Gasteiger partial charge >= 0.3 is 0 Å². The van der Waals surface area contributed by atoms with Gasteiger partial charge in [0.2, 0.25) is 0 Å². The van der Waals surface area contributed by atoms with Gasteiger partial charge in [-0.25, -0.2) is 0 Å². The van der Waals surface area contributed by atoms with Crippen molar-refractivity contribution >= 4 is 44.8 Å². The van der Waals surface area contributed by atoms with Crippen molar-refractivity contribution in [2.45, 2.75) is 0 Å². The molecule has 0 unspecified atom stereocenters. The van der Waals surface area contributed by atoms with Crippen molar-refractivity contribution in [3.05, 3.63) is 56.7 Å². The van der Waals surface area contributed by atoms with E-state index in [1.54, 1.807) is 6.08 Å². The van der Waals surface area contributed by atoms with E-state index in [1.165, 1.54) is 11.3 Å². The van der Waals surface area contributed by atoms with E-state index in [0.29, 0.717) is 0 Å². The van der Waals surface area contributed by atoms with Gasteiger partial charge in [0.1, 0.15) is 0 Å². The first-order chi connectivity index (χ1) is 9.08. The third-order valence-corrected chi connectivity index (χ3v) is 4.53. The lowest BCUT2D eigenvalue weighted by molar-refractivity contribution is 0.105. The Bertz CT molecular complexity index is 599. The second-order valence-corrected chi connectivity index (χ2v) is 6.05. The number of thiophene rings is 1. The summed E-state index contributed by atoms with van der Waals surface area (Å²) >= 11 is 4.81. The third-order valence-electron chi connectivity index (χ3n) is 2.68. The van der Waals surface area contributed by atoms with Crippen LogP contribution in [0.15, 0.2) is 46.3 Å². The van der Waals surface area contributed by atoms with E-state index in [2.05, 4.69) is 15.9 Å². The summed E-state index contributed by atoms with van der Waals surface area (Å²) < 4.78 is 0.857. The summed E-state index contributed by atoms with van der Waals surface area (Å²) in [4.78, 5) is 14.7. The van der Waals surface area contributed by atoms with E-state index >= 15 is 0 Å². The minimum atomic E-state index is 0.0264. The maximum absolute atomic E-state index is 12.0. The van der Waals surface area contributed by atoms with Crippen LogP contribution in [0.2, 0.25) is 0 Å². The second kappa shape index (κ2) is 6.17. The summed E-state index contributed by atoms with van der Waals surface area (Å²) in [6.45, 7) is 0. The fourth-order valence-electron chi connectivity index (χ4n) is 1.60. The first kappa shape index (κ1) is 14.0. The minimum Gasteiger partial charge on any atom is -0.378 e. The number of anilines is 1. The predicted molar refractivity (Wildman–Crippen MR) is 86.2 cm³/mol. The molecule has 0 bridgehead atoms. The summed E-state index contributed by atoms with van der Waals surface area (Å²) in [6.07, 6.45) is 3.45. The summed E-state index contributed by atoms with van der Waals surface area (Å²) in [5.74, 6) is 0.0264. The Morgan fingerprint density at radius 2 is 1.89 bits per heavy atom. The molecule has 1 aromatic heterocycles. The highest BCUT2D eigenvalue weighted by atomic mass is 79.9. The summed E-state index contributed by atoms with van der Waals surface area (Å²) in [6, 6.07) is 9.96. The molecule has 0 N–H and O–H groups in total. The molecule has 2 aromatic rings. The quantitative estimate of drug-likeness (QED) is 0.606. The number of carbonyl (C=O) groups is 1. The number of hydrogen-bond acceptors (Lipinski definition) is 3. The van der Waals surface area contributed by atoms with E-state index in [-0.39, 0.29) is 5.78 Å². The molecule has 2 rings (SSSR count). The smallest absolute Gasteiger partial charge is 0.196 e. The molecular formula is C15H14BrNOS. The third kappa shape index (κ3) is 3.55. The van der Waals surface area contributed by atoms with Gasteiger partial charge in [0.05, 0.1) is 4.88 Å². The van der Waals surface area contributed by atoms with E-state index in [1.807, 2.05) is 60.8 Å². The standard InChI is InChI=1S/C15H14BrNOS/c1-17(2)12-6-3-11(4-7-12)5-8-14(18)15-13(16)9-10-19-15/h3-10H,1-2H3/b8-5+. The number of carbonyl (C=O) groups excluding carboxylic acids is 1. The lowest BCUT2D eigenvalue weighted by Gasteiger charge is -2.11. The van der Waals surface area contributed by atoms with Crippen LogP contribution in [-0.4, -0.2) is 19.9 Å². The van der Waals surface area contributed by atoms with E-state index in [0.717, 1.165) is 20.6 Å². The number of allylic oxidation sites excluding steroid dienone is 1. The van der Waals surface area contributed by atoms with Crippen molar-refractivity contribution in [2.75, 3.05) is 19.0 Å². The van der Waals surface area contributed by atoms with Gasteiger partial charge in [0, 0.05) is 24.3 Å². The minimum absolute atomic E-state index is 0.0264. The fraction of sp³-hybridized carbons (Fsp3) is 0.133. The number of rotatable bonds is 4. The second-order valence-electron chi connectivity index (χ2n) is 4.28. The topological polar surface area (TPSA) is 20.3 Å². The van der Waals surface area contributed by atoms with E-state index < -0.39 is 0 Å². The Hall–Kier alpha value is -1.39. The molecule has 98 valence electrons. The van der Waals surface area contributed by atoms with E-state index in [9.17, 15) is 4.79 Å². The first-order valence-corrected chi connectivity index (χ1v) is 7.48. The average Bonchev–Trinajstić information content (AvgIpc) is 2.83. The molecule has 0 radical (unpaired) electrons. The maximum atomic E-state index is 12.0. The summed E-state index contributed by atoms with van der Waals surface area (Å²) in [7, 11) is 4.01. The molecule has 4 heteroatoms. The van der Waals surface area contributed by atoms with Crippen molar-refractivity contribution in [1.29, 1.82) is 0 Å². The number of halogens is 1. The Kier molecular flexibility index (Phi) is 4.56. The van der Waals surface area contributed by atoms with Crippen LogP contribution < -0.4 is 4.90 Å². The molecule has 0 saturated carbocycles. The molecule has 1 aromatic carbocycles. The highest BCUT2D eigenvalue weighted by molar-refractivity contribution is 9.10. The van der Waals surface area contributed by atoms with Gasteiger partial charge in [0.15, 0.2) is 5.78 Å². The van der Waals surface area contributed by atoms with Crippen molar-refractivity contribution in [2.24, 2.45) is 0 Å². The van der Waals surface area contributed by atoms with Crippen LogP contribution in [0.1, 0.15) is 15.2 Å². The lowest BCUT2D eigenvalue weighted by atomic mass is 10.1. The highest BCUT2D eigenvalue weighted by Gasteiger charge is 2.07. The van der Waals surface area contributed by atoms with Crippen molar-refractivity contribution in [3.8, 4) is 0 Å². The Balaban J connectivity index is 2.10. The molecule has 0 aliphatic rings. The Morgan fingerprint density at radius 1 is 1.21 bits per heavy atom. The van der Waals surface area contributed by atoms with Gasteiger partial charge in [-0.1, -0.05) is 18.2 Å². The summed E-state index contributed by atoms with van der Waals surface area (Å²) in [5.41, 5.74) is 2.16. The molecular weight excluding hydrogens is 322 g/mol. The number of nitrogens with zero attached hydrogens (tertiary/aromatic N) is 1. The van der Waals surface area contributed by atoms with Crippen molar-refractivity contribution in [1.82, 2.24) is 0 Å². The largest absolute Gasteiger partial charge is 0.378 e. The van der Waals surface area contributed by atoms with Crippen molar-refractivity contribution < 1.29 is 4.79 Å². The molecule has 0 aliphatic carbocycles. The monoisotopic (exact) mass is 335 g/mol. The molecule has 0 atom stereocenters. The Morgan fingerprint density at radius 3 is 2.42 bits per heavy atom. The zero-order valence-electron chi connectivity index (χ0n) is 10.8. The van der Waals surface area contributed by atoms with Gasteiger partial charge in [0.25, 0.3) is 0 Å². The molecule has 19 heavy (non-hydrogen) atoms. The molecule has 2 nitrogen and oxygen atoms in total. The maximum Gasteiger partial charge on any atom is 0.196 e. The Labute approximate surface area is 125 Å². The van der Waals surface area contributed by atoms with Crippen LogP contribution in [-0.2, 0) is 0 Å². The molecule has 0 fully saturated rings. The van der Waals surface area contributed by atoms with Crippen LogP contribution >= 0.6 is 27.3 Å². The van der Waals surface area contributed by atoms with Gasteiger partial charge < -0.3 is 4.90 Å². The first-order valence-electron chi connectivity index (χ1n) is 5.81. The van der Waals surface area contributed by atoms with Crippen LogP contribution in [0.5, 0.6) is 0 Å². The number of hydrogen-bond donors (Lipinski definition) is 0. The van der Waals surface area contributed by atoms with Crippen LogP contribution in [0, 0.1) is 0 Å². The molecule has 0 spiro atoms. The number of ketones is 1. The highest BCUT2D eigenvalue weighted by Crippen LogP contribution is 2.23. The van der Waals surface area contributed by atoms with Gasteiger partial charge in [-0.3, -0.25) is 4.79 Å². The zero-order chi connectivity index (χ0) is 13.8. The SMILES string of the molecule is CN(C)c1ccc(/C=C/C(=O)c2sccc2Br)cc1. The molecule has 0 saturated heterocycles. The molecule has 1 heterocycles. The average molecular weight is 336 g/mol. The van der Waals surface area contributed by atoms with Crippen LogP contribution in [0.25, 0.3) is 6.08 Å². The predicted octanol–water partition coefficient (Wildman–Crippen LogP) is 4.47. The van der Waals surface area contributed by atoms with Crippen LogP contribution in [0.4, 0.5) is 5.69 Å². The van der Waals surface area contributed by atoms with Gasteiger partial charge in [-0.15, -0.1) is 11.3 Å². The summed E-state index contributed by atoms with van der Waals surface area (Å²) in [5, 5.41) is 1.90. The molecule has 0 amide bonds. The normalized spacial score (nSPS) is 10.9. The van der Waals surface area contributed by atoms with Crippen molar-refractivity contribution in [3.63, 3.8) is 0 Å². The number of benzene rings is 1. The lowest BCUT2D eigenvalue weighted by Crippen LogP contribution is -2.07. The van der Waals surface area contributed by atoms with Gasteiger partial charge in [-0.2, -0.15) is 0 Å².